The number of hydrogen-bond acceptors (Lipinski definition) is 5. The summed E-state index contributed by atoms with van der Waals surface area (Å²) >= 11 is 6.27. The molecule has 1 N–H and O–H groups in total. The van der Waals surface area contributed by atoms with Gasteiger partial charge in [-0.25, -0.2) is 14.4 Å². The fourth-order valence-electron chi connectivity index (χ4n) is 4.91. The van der Waals surface area contributed by atoms with E-state index in [9.17, 15) is 4.79 Å². The number of halogens is 2. The van der Waals surface area contributed by atoms with Gasteiger partial charge in [-0.05, 0) is 81.4 Å². The van der Waals surface area contributed by atoms with Crippen molar-refractivity contribution < 1.29 is 9.18 Å². The Bertz CT molecular complexity index is 1080. The van der Waals surface area contributed by atoms with Crippen LogP contribution in [0.25, 0.3) is 0 Å². The summed E-state index contributed by atoms with van der Waals surface area (Å²) in [4.78, 5) is 25.0. The number of alkyl halides is 1. The van der Waals surface area contributed by atoms with E-state index >= 15 is 4.39 Å². The SMILES string of the molecule is C=CC(F)(CN(C)C)c1cccc([C@@H](C)Nc2nc(Cl)nc3c2CC(CCC(=O)N(C)CCC)C3)c1. The molecule has 6 nitrogen and oxygen atoms in total. The number of aromatic nitrogens is 2. The number of carbonyl (C=O) groups excluding carboxylic acids is 1. The summed E-state index contributed by atoms with van der Waals surface area (Å²) in [7, 11) is 5.55. The molecular weight excluding hydrogens is 477 g/mol. The summed E-state index contributed by atoms with van der Waals surface area (Å²) in [5, 5.41) is 3.69. The van der Waals surface area contributed by atoms with Gasteiger partial charge in [-0.3, -0.25) is 4.79 Å². The highest BCUT2D eigenvalue weighted by molar-refractivity contribution is 6.28. The Morgan fingerprint density at radius 1 is 1.33 bits per heavy atom. The zero-order valence-electron chi connectivity index (χ0n) is 22.2. The van der Waals surface area contributed by atoms with Crippen molar-refractivity contribution in [3.8, 4) is 0 Å². The van der Waals surface area contributed by atoms with Crippen molar-refractivity contribution in [2.24, 2.45) is 5.92 Å². The van der Waals surface area contributed by atoms with Crippen molar-refractivity contribution in [3.63, 3.8) is 0 Å². The second-order valence-corrected chi connectivity index (χ2v) is 10.5. The number of fused-ring (bicyclic) bond motifs is 1. The average Bonchev–Trinajstić information content (AvgIpc) is 3.25. The molecule has 1 amide bonds. The monoisotopic (exact) mass is 515 g/mol. The lowest BCUT2D eigenvalue weighted by atomic mass is 9.92. The normalized spacial score (nSPS) is 17.4. The number of nitrogens with one attached hydrogen (secondary N) is 1. The van der Waals surface area contributed by atoms with Gasteiger partial charge in [0.15, 0.2) is 5.67 Å². The van der Waals surface area contributed by atoms with Gasteiger partial charge in [0, 0.05) is 38.2 Å². The molecule has 2 unspecified atom stereocenters. The van der Waals surface area contributed by atoms with Gasteiger partial charge in [0.25, 0.3) is 0 Å². The quantitative estimate of drug-likeness (QED) is 0.295. The average molecular weight is 516 g/mol. The van der Waals surface area contributed by atoms with E-state index in [0.717, 1.165) is 49.0 Å². The molecule has 1 aliphatic rings. The van der Waals surface area contributed by atoms with Crippen molar-refractivity contribution in [3.05, 3.63) is 64.6 Å². The predicted octanol–water partition coefficient (Wildman–Crippen LogP) is 5.58. The minimum Gasteiger partial charge on any atom is -0.363 e. The highest BCUT2D eigenvalue weighted by Crippen LogP contribution is 2.36. The van der Waals surface area contributed by atoms with E-state index in [1.165, 1.54) is 6.08 Å². The van der Waals surface area contributed by atoms with Gasteiger partial charge in [0.1, 0.15) is 5.82 Å². The lowest BCUT2D eigenvalue weighted by molar-refractivity contribution is -0.130. The molecule has 0 saturated carbocycles. The van der Waals surface area contributed by atoms with E-state index in [1.54, 1.807) is 11.0 Å². The molecule has 0 spiro atoms. The third-order valence-electron chi connectivity index (χ3n) is 6.88. The van der Waals surface area contributed by atoms with Gasteiger partial charge in [0.2, 0.25) is 11.2 Å². The summed E-state index contributed by atoms with van der Waals surface area (Å²) < 4.78 is 15.6. The van der Waals surface area contributed by atoms with Crippen LogP contribution in [0.15, 0.2) is 36.9 Å². The molecule has 0 aliphatic heterocycles. The lowest BCUT2D eigenvalue weighted by Crippen LogP contribution is -2.32. The van der Waals surface area contributed by atoms with Crippen LogP contribution in [0.1, 0.15) is 61.5 Å². The largest absolute Gasteiger partial charge is 0.363 e. The number of nitrogens with zero attached hydrogens (tertiary/aromatic N) is 4. The molecule has 1 heterocycles. The van der Waals surface area contributed by atoms with Gasteiger partial charge in [-0.1, -0.05) is 37.8 Å². The zero-order chi connectivity index (χ0) is 26.5. The fourth-order valence-corrected chi connectivity index (χ4v) is 5.10. The smallest absolute Gasteiger partial charge is 0.224 e. The highest BCUT2D eigenvalue weighted by atomic mass is 35.5. The Kier molecular flexibility index (Phi) is 9.47. The van der Waals surface area contributed by atoms with E-state index in [4.69, 9.17) is 11.6 Å². The van der Waals surface area contributed by atoms with Gasteiger partial charge in [-0.2, -0.15) is 0 Å². The zero-order valence-corrected chi connectivity index (χ0v) is 22.9. The number of amides is 1. The van der Waals surface area contributed by atoms with E-state index in [0.29, 0.717) is 23.7 Å². The molecular formula is C28H39ClFN5O. The molecule has 196 valence electrons. The molecule has 0 fully saturated rings. The Hall–Kier alpha value is -2.51. The summed E-state index contributed by atoms with van der Waals surface area (Å²) in [5.41, 5.74) is 1.87. The first-order valence-electron chi connectivity index (χ1n) is 12.7. The second kappa shape index (κ2) is 12.2. The molecule has 0 bridgehead atoms. The van der Waals surface area contributed by atoms with E-state index in [2.05, 4.69) is 28.8 Å². The molecule has 3 rings (SSSR count). The van der Waals surface area contributed by atoms with Crippen LogP contribution in [0.5, 0.6) is 0 Å². The summed E-state index contributed by atoms with van der Waals surface area (Å²) in [6, 6.07) is 7.40. The van der Waals surface area contributed by atoms with Crippen molar-refractivity contribution in [1.29, 1.82) is 0 Å². The Morgan fingerprint density at radius 2 is 2.08 bits per heavy atom. The predicted molar refractivity (Wildman–Crippen MR) is 145 cm³/mol. The van der Waals surface area contributed by atoms with Gasteiger partial charge in [-0.15, -0.1) is 0 Å². The van der Waals surface area contributed by atoms with Crippen LogP contribution in [-0.4, -0.2) is 59.9 Å². The first kappa shape index (κ1) is 28.1. The van der Waals surface area contributed by atoms with Crippen LogP contribution in [-0.2, 0) is 23.3 Å². The topological polar surface area (TPSA) is 61.4 Å². The van der Waals surface area contributed by atoms with Gasteiger partial charge in [0.05, 0.1) is 5.69 Å². The van der Waals surface area contributed by atoms with Crippen molar-refractivity contribution >= 4 is 23.3 Å². The molecule has 1 aliphatic carbocycles. The maximum Gasteiger partial charge on any atom is 0.224 e. The minimum absolute atomic E-state index is 0.128. The highest BCUT2D eigenvalue weighted by Gasteiger charge is 2.31. The number of carbonyl (C=O) groups is 1. The second-order valence-electron chi connectivity index (χ2n) is 10.2. The third kappa shape index (κ3) is 6.83. The summed E-state index contributed by atoms with van der Waals surface area (Å²) in [5.74, 6) is 1.22. The maximum absolute atomic E-state index is 15.6. The third-order valence-corrected chi connectivity index (χ3v) is 7.05. The standard InChI is InChI=1S/C28H39ClFN5O/c1-7-14-35(6)25(36)13-12-20-15-23-24(16-20)32-27(29)33-26(23)31-19(3)21-10-9-11-22(17-21)28(30,8-2)18-34(4)5/h8-11,17,19-20H,2,7,12-16,18H2,1,3-6H3,(H,31,32,33)/t19-,20?,28?/m1/s1. The molecule has 3 atom stereocenters. The van der Waals surface area contributed by atoms with Crippen LogP contribution in [0.2, 0.25) is 5.28 Å². The first-order valence-corrected chi connectivity index (χ1v) is 13.1. The van der Waals surface area contributed by atoms with Gasteiger partial charge < -0.3 is 15.1 Å². The van der Waals surface area contributed by atoms with Crippen LogP contribution in [0.4, 0.5) is 10.2 Å². The molecule has 0 radical (unpaired) electrons. The molecule has 36 heavy (non-hydrogen) atoms. The van der Waals surface area contributed by atoms with Crippen LogP contribution in [0, 0.1) is 5.92 Å². The van der Waals surface area contributed by atoms with E-state index in [-0.39, 0.29) is 23.8 Å². The molecule has 2 aromatic rings. The van der Waals surface area contributed by atoms with Crippen LogP contribution < -0.4 is 5.32 Å². The molecule has 8 heteroatoms. The van der Waals surface area contributed by atoms with Crippen LogP contribution >= 0.6 is 11.6 Å². The Labute approximate surface area is 220 Å². The van der Waals surface area contributed by atoms with Crippen molar-refractivity contribution in [2.45, 2.75) is 57.7 Å². The van der Waals surface area contributed by atoms with Crippen molar-refractivity contribution in [1.82, 2.24) is 19.8 Å². The first-order chi connectivity index (χ1) is 17.1. The summed E-state index contributed by atoms with van der Waals surface area (Å²) in [6.45, 7) is 8.83. The minimum atomic E-state index is -1.64. The number of benzene rings is 1. The summed E-state index contributed by atoms with van der Waals surface area (Å²) in [6.07, 6.45) is 5.25. The fraction of sp³-hybridized carbons (Fsp3) is 0.536. The number of rotatable bonds is 12. The lowest BCUT2D eigenvalue weighted by Gasteiger charge is -2.27. The number of anilines is 1. The molecule has 1 aromatic carbocycles. The van der Waals surface area contributed by atoms with Crippen LogP contribution in [0.3, 0.4) is 0 Å². The van der Waals surface area contributed by atoms with Gasteiger partial charge >= 0.3 is 0 Å². The maximum atomic E-state index is 15.6. The number of likely N-dealkylation sites (N-methyl/N-ethyl adjacent to an activating group) is 1. The molecule has 1 aromatic heterocycles. The molecule has 0 saturated heterocycles. The Morgan fingerprint density at radius 3 is 2.75 bits per heavy atom. The van der Waals surface area contributed by atoms with E-state index in [1.807, 2.05) is 51.2 Å². The van der Waals surface area contributed by atoms with Crippen molar-refractivity contribution in [2.75, 3.05) is 39.5 Å². The van der Waals surface area contributed by atoms with E-state index < -0.39 is 5.67 Å². The number of hydrogen-bond donors (Lipinski definition) is 1. The Balaban J connectivity index is 1.74.